The van der Waals surface area contributed by atoms with E-state index in [0.29, 0.717) is 27.6 Å². The lowest BCUT2D eigenvalue weighted by molar-refractivity contribution is -0.120. The van der Waals surface area contributed by atoms with Gasteiger partial charge < -0.3 is 10.6 Å². The van der Waals surface area contributed by atoms with Crippen LogP contribution in [0.5, 0.6) is 0 Å². The van der Waals surface area contributed by atoms with Crippen LogP contribution in [0.3, 0.4) is 0 Å². The number of unbranched alkanes of at least 4 members (excludes halogenated alkanes) is 1. The molecule has 4 rings (SSSR count). The van der Waals surface area contributed by atoms with Crippen LogP contribution in [0.4, 0.5) is 17.1 Å². The minimum Gasteiger partial charge on any atom is -0.350 e. The van der Waals surface area contributed by atoms with E-state index in [0.717, 1.165) is 24.2 Å². The van der Waals surface area contributed by atoms with Gasteiger partial charge in [0, 0.05) is 22.0 Å². The van der Waals surface area contributed by atoms with E-state index >= 15 is 0 Å². The minimum absolute atomic E-state index is 0.0631. The van der Waals surface area contributed by atoms with Crippen molar-refractivity contribution >= 4 is 58.0 Å². The van der Waals surface area contributed by atoms with Crippen LogP contribution in [0.2, 0.25) is 5.02 Å². The van der Waals surface area contributed by atoms with E-state index in [2.05, 4.69) is 17.6 Å². The van der Waals surface area contributed by atoms with Crippen LogP contribution in [0, 0.1) is 0 Å². The van der Waals surface area contributed by atoms with E-state index in [1.54, 1.807) is 48.5 Å². The molecule has 0 unspecified atom stereocenters. The molecule has 0 aromatic heterocycles. The van der Waals surface area contributed by atoms with Crippen LogP contribution in [0.1, 0.15) is 35.7 Å². The fourth-order valence-electron chi connectivity index (χ4n) is 3.66. The number of imide groups is 1. The lowest BCUT2D eigenvalue weighted by Gasteiger charge is -2.15. The number of anilines is 3. The lowest BCUT2D eigenvalue weighted by Crippen LogP contribution is -2.32. The van der Waals surface area contributed by atoms with Gasteiger partial charge in [0.05, 0.1) is 5.69 Å². The van der Waals surface area contributed by atoms with E-state index in [1.807, 2.05) is 24.3 Å². The van der Waals surface area contributed by atoms with Crippen molar-refractivity contribution in [1.82, 2.24) is 0 Å². The largest absolute Gasteiger partial charge is 0.350 e. The Hall–Kier alpha value is -3.61. The lowest BCUT2D eigenvalue weighted by atomic mass is 10.1. The van der Waals surface area contributed by atoms with Crippen LogP contribution in [-0.4, -0.2) is 17.7 Å². The number of nitrogens with one attached hydrogen (secondary N) is 2. The Balaban J connectivity index is 1.47. The summed E-state index contributed by atoms with van der Waals surface area (Å²) in [6.45, 7) is 2.15. The van der Waals surface area contributed by atoms with Crippen molar-refractivity contribution in [2.45, 2.75) is 26.2 Å². The number of carbonyl (C=O) groups excluding carboxylic acids is 3. The highest BCUT2D eigenvalue weighted by Crippen LogP contribution is 2.31. The number of hydrogen-bond donors (Lipinski definition) is 2. The van der Waals surface area contributed by atoms with E-state index in [4.69, 9.17) is 23.2 Å². The third-order valence-corrected chi connectivity index (χ3v) is 6.14. The third-order valence-electron chi connectivity index (χ3n) is 5.54. The van der Waals surface area contributed by atoms with Gasteiger partial charge in [-0.25, -0.2) is 4.90 Å². The predicted molar refractivity (Wildman–Crippen MR) is 140 cm³/mol. The summed E-state index contributed by atoms with van der Waals surface area (Å²) in [6.07, 6.45) is 3.26. The van der Waals surface area contributed by atoms with E-state index in [-0.39, 0.29) is 16.6 Å². The van der Waals surface area contributed by atoms with Gasteiger partial charge in [0.1, 0.15) is 10.7 Å². The number of aryl methyl sites for hydroxylation is 1. The van der Waals surface area contributed by atoms with Crippen molar-refractivity contribution in [2.75, 3.05) is 15.5 Å². The highest BCUT2D eigenvalue weighted by atomic mass is 35.5. The van der Waals surface area contributed by atoms with Crippen molar-refractivity contribution in [1.29, 1.82) is 0 Å². The Morgan fingerprint density at radius 1 is 0.886 bits per heavy atom. The molecule has 35 heavy (non-hydrogen) atoms. The number of nitrogens with zero attached hydrogens (tertiary/aromatic N) is 1. The Bertz CT molecular complexity index is 1300. The molecule has 0 atom stereocenters. The molecule has 3 aromatic rings. The smallest absolute Gasteiger partial charge is 0.283 e. The summed E-state index contributed by atoms with van der Waals surface area (Å²) in [6, 6.07) is 20.7. The molecule has 1 aliphatic heterocycles. The Morgan fingerprint density at radius 3 is 2.29 bits per heavy atom. The van der Waals surface area contributed by atoms with Crippen LogP contribution in [-0.2, 0) is 16.0 Å². The second-order valence-electron chi connectivity index (χ2n) is 8.07. The molecular formula is C27H23Cl2N3O3. The molecule has 0 spiro atoms. The van der Waals surface area contributed by atoms with E-state index < -0.39 is 11.8 Å². The molecule has 0 saturated carbocycles. The quantitative estimate of drug-likeness (QED) is 0.347. The van der Waals surface area contributed by atoms with Gasteiger partial charge >= 0.3 is 0 Å². The molecule has 0 aliphatic carbocycles. The number of hydrogen-bond acceptors (Lipinski definition) is 4. The van der Waals surface area contributed by atoms with Crippen LogP contribution >= 0.6 is 23.2 Å². The van der Waals surface area contributed by atoms with E-state index in [1.165, 1.54) is 5.56 Å². The van der Waals surface area contributed by atoms with Crippen LogP contribution < -0.4 is 15.5 Å². The SMILES string of the molecule is CCCCc1ccc(NC(=O)c2cccc(NC3=C(Cl)C(=O)N(c4ccc(Cl)cc4)C3=O)c2)cc1. The average molecular weight is 508 g/mol. The summed E-state index contributed by atoms with van der Waals surface area (Å²) in [5.74, 6) is -1.54. The first-order valence-electron chi connectivity index (χ1n) is 11.2. The first-order valence-corrected chi connectivity index (χ1v) is 11.9. The molecule has 6 nitrogen and oxygen atoms in total. The molecule has 1 aliphatic rings. The molecule has 0 fully saturated rings. The maximum atomic E-state index is 13.0. The summed E-state index contributed by atoms with van der Waals surface area (Å²) < 4.78 is 0. The van der Waals surface area contributed by atoms with Gasteiger partial charge in [-0.1, -0.05) is 54.7 Å². The molecule has 2 N–H and O–H groups in total. The van der Waals surface area contributed by atoms with E-state index in [9.17, 15) is 14.4 Å². The van der Waals surface area contributed by atoms with Gasteiger partial charge in [0.25, 0.3) is 17.7 Å². The molecule has 1 heterocycles. The Kier molecular flexibility index (Phi) is 7.54. The summed E-state index contributed by atoms with van der Waals surface area (Å²) in [4.78, 5) is 39.4. The number of halogens is 2. The zero-order chi connectivity index (χ0) is 24.9. The van der Waals surface area contributed by atoms with Crippen molar-refractivity contribution in [2.24, 2.45) is 0 Å². The topological polar surface area (TPSA) is 78.5 Å². The van der Waals surface area contributed by atoms with Crippen molar-refractivity contribution in [3.63, 3.8) is 0 Å². The van der Waals surface area contributed by atoms with Gasteiger partial charge in [-0.3, -0.25) is 14.4 Å². The van der Waals surface area contributed by atoms with Gasteiger partial charge in [-0.15, -0.1) is 0 Å². The molecule has 3 aromatic carbocycles. The molecule has 0 radical (unpaired) electrons. The molecular weight excluding hydrogens is 485 g/mol. The number of rotatable bonds is 8. The number of amides is 3. The second kappa shape index (κ2) is 10.8. The van der Waals surface area contributed by atoms with Gasteiger partial charge in [0.15, 0.2) is 0 Å². The van der Waals surface area contributed by atoms with Gasteiger partial charge in [-0.2, -0.15) is 0 Å². The fourth-order valence-corrected chi connectivity index (χ4v) is 4.00. The van der Waals surface area contributed by atoms with Crippen LogP contribution in [0.25, 0.3) is 0 Å². The maximum absolute atomic E-state index is 13.0. The fraction of sp³-hybridized carbons (Fsp3) is 0.148. The summed E-state index contributed by atoms with van der Waals surface area (Å²) in [7, 11) is 0. The normalized spacial score (nSPS) is 13.4. The standard InChI is InChI=1S/C27H23Cl2N3O3/c1-2-3-5-17-8-12-20(13-9-17)31-25(33)18-6-4-7-21(16-18)30-24-23(29)26(34)32(27(24)35)22-14-10-19(28)11-15-22/h4,6-16,30H,2-3,5H2,1H3,(H,31,33). The second-order valence-corrected chi connectivity index (χ2v) is 8.89. The van der Waals surface area contributed by atoms with Crippen molar-refractivity contribution in [3.8, 4) is 0 Å². The van der Waals surface area contributed by atoms with Crippen molar-refractivity contribution < 1.29 is 14.4 Å². The summed E-state index contributed by atoms with van der Waals surface area (Å²) >= 11 is 12.1. The van der Waals surface area contributed by atoms with Gasteiger partial charge in [-0.05, 0) is 73.0 Å². The highest BCUT2D eigenvalue weighted by Gasteiger charge is 2.39. The zero-order valence-corrected chi connectivity index (χ0v) is 20.5. The zero-order valence-electron chi connectivity index (χ0n) is 19.0. The summed E-state index contributed by atoms with van der Waals surface area (Å²) in [5, 5.41) is 6.02. The minimum atomic E-state index is -0.641. The number of benzene rings is 3. The third kappa shape index (κ3) is 5.56. The molecule has 178 valence electrons. The number of carbonyl (C=O) groups is 3. The Morgan fingerprint density at radius 2 is 1.60 bits per heavy atom. The predicted octanol–water partition coefficient (Wildman–Crippen LogP) is 6.37. The first kappa shape index (κ1) is 24.5. The van der Waals surface area contributed by atoms with Crippen molar-refractivity contribution in [3.05, 3.63) is 99.7 Å². The maximum Gasteiger partial charge on any atom is 0.283 e. The summed E-state index contributed by atoms with van der Waals surface area (Å²) in [5.41, 5.74) is 3.03. The first-order chi connectivity index (χ1) is 16.9. The average Bonchev–Trinajstić information content (AvgIpc) is 3.07. The monoisotopic (exact) mass is 507 g/mol. The molecule has 3 amide bonds. The van der Waals surface area contributed by atoms with Gasteiger partial charge in [0.2, 0.25) is 0 Å². The molecule has 0 bridgehead atoms. The molecule has 8 heteroatoms. The Labute approximate surface area is 213 Å². The molecule has 0 saturated heterocycles. The van der Waals surface area contributed by atoms with Crippen LogP contribution in [0.15, 0.2) is 83.5 Å². The highest BCUT2D eigenvalue weighted by molar-refractivity contribution is 6.53.